The fourth-order valence-electron chi connectivity index (χ4n) is 5.19. The number of rotatable bonds is 5. The molecule has 2 aromatic carbocycles. The average Bonchev–Trinajstić information content (AvgIpc) is 2.99. The normalized spacial score (nSPS) is 36.0. The highest BCUT2D eigenvalue weighted by Gasteiger charge is 2.54. The Morgan fingerprint density at radius 1 is 0.841 bits per heavy atom. The Bertz CT molecular complexity index is 1350. The minimum atomic E-state index is -1.70. The van der Waals surface area contributed by atoms with Gasteiger partial charge < -0.3 is 69.3 Å². The summed E-state index contributed by atoms with van der Waals surface area (Å²) in [7, 11) is 0. The van der Waals surface area contributed by atoms with Gasteiger partial charge >= 0.3 is 5.97 Å². The number of aliphatic hydroxyl groups is 4. The lowest BCUT2D eigenvalue weighted by Crippen LogP contribution is -2.66. The number of phenolic OH excluding ortho intramolecular Hbond substituents is 4. The van der Waals surface area contributed by atoms with Crippen molar-refractivity contribution in [1.29, 1.82) is 0 Å². The molecule has 3 heterocycles. The van der Waals surface area contributed by atoms with Crippen LogP contribution in [0.4, 0.5) is 0 Å². The molecule has 2 aromatic rings. The maximum atomic E-state index is 12.9. The van der Waals surface area contributed by atoms with E-state index in [2.05, 4.69) is 0 Å². The Morgan fingerprint density at radius 3 is 2.23 bits per heavy atom. The highest BCUT2D eigenvalue weighted by Crippen LogP contribution is 2.37. The van der Waals surface area contributed by atoms with E-state index >= 15 is 0 Å². The van der Waals surface area contributed by atoms with Crippen LogP contribution >= 0.6 is 0 Å². The van der Waals surface area contributed by atoms with E-state index in [1.165, 1.54) is 49.4 Å². The highest BCUT2D eigenvalue weighted by molar-refractivity contribution is 5.87. The third-order valence-corrected chi connectivity index (χ3v) is 7.64. The molecule has 2 bridgehead atoms. The predicted octanol–water partition coefficient (Wildman–Crippen LogP) is -0.479. The number of aliphatic hydroxyl groups excluding tert-OH is 4. The molecular weight excluding hydrogens is 588 g/mol. The zero-order valence-electron chi connectivity index (χ0n) is 23.3. The van der Waals surface area contributed by atoms with Gasteiger partial charge in [0.2, 0.25) is 0 Å². The zero-order valence-corrected chi connectivity index (χ0v) is 23.3. The number of esters is 1. The molecule has 0 saturated carbocycles. The molecule has 11 atom stereocenters. The summed E-state index contributed by atoms with van der Waals surface area (Å²) >= 11 is 0. The van der Waals surface area contributed by atoms with Crippen LogP contribution in [0.2, 0.25) is 0 Å². The largest absolute Gasteiger partial charge is 0.504 e. The summed E-state index contributed by atoms with van der Waals surface area (Å²) < 4.78 is 35.0. The van der Waals surface area contributed by atoms with Crippen LogP contribution in [0.5, 0.6) is 23.0 Å². The Morgan fingerprint density at radius 2 is 1.55 bits per heavy atom. The fourth-order valence-corrected chi connectivity index (χ4v) is 5.19. The van der Waals surface area contributed by atoms with Crippen molar-refractivity contribution in [1.82, 2.24) is 0 Å². The Balaban J connectivity index is 1.46. The number of hydrogen-bond donors (Lipinski definition) is 8. The Kier molecular flexibility index (Phi) is 9.59. The third-order valence-electron chi connectivity index (χ3n) is 7.64. The lowest BCUT2D eigenvalue weighted by molar-refractivity contribution is -0.372. The molecule has 3 aliphatic rings. The lowest BCUT2D eigenvalue weighted by atomic mass is 9.95. The van der Waals surface area contributed by atoms with Crippen molar-refractivity contribution >= 4 is 12.0 Å². The van der Waals surface area contributed by atoms with Gasteiger partial charge in [-0.25, -0.2) is 4.79 Å². The number of hydrogen-bond acceptors (Lipinski definition) is 15. The zero-order chi connectivity index (χ0) is 31.7. The summed E-state index contributed by atoms with van der Waals surface area (Å²) in [5, 5.41) is 82.1. The molecule has 3 saturated heterocycles. The van der Waals surface area contributed by atoms with Gasteiger partial charge in [0.25, 0.3) is 0 Å². The SMILES string of the molecule is C[C@@H]1O[C@@H]2OCC(c3ccc(O)c(O)c3)O[C@H]3O[C@H](CO)[C@H](OC(=O)/C=C/c4ccc(O)c(O)c4)[C@H](O[C@@H]2[C@H](O)[C@H]1O)[C@H]3O. The predicted molar refractivity (Wildman–Crippen MR) is 145 cm³/mol. The van der Waals surface area contributed by atoms with Crippen molar-refractivity contribution in [2.75, 3.05) is 13.2 Å². The van der Waals surface area contributed by atoms with E-state index in [1.54, 1.807) is 0 Å². The molecule has 0 amide bonds. The van der Waals surface area contributed by atoms with Crippen LogP contribution in [0.25, 0.3) is 6.08 Å². The molecule has 0 radical (unpaired) electrons. The summed E-state index contributed by atoms with van der Waals surface area (Å²) in [5.41, 5.74) is 0.644. The van der Waals surface area contributed by atoms with Crippen LogP contribution in [-0.4, -0.2) is 121 Å². The Hall–Kier alpha value is -3.51. The van der Waals surface area contributed by atoms with Crippen molar-refractivity contribution in [2.24, 2.45) is 0 Å². The van der Waals surface area contributed by atoms with Crippen LogP contribution in [0.1, 0.15) is 24.2 Å². The van der Waals surface area contributed by atoms with Crippen molar-refractivity contribution in [3.05, 3.63) is 53.6 Å². The van der Waals surface area contributed by atoms with Gasteiger partial charge in [-0.3, -0.25) is 0 Å². The van der Waals surface area contributed by atoms with Crippen LogP contribution < -0.4 is 0 Å². The summed E-state index contributed by atoms with van der Waals surface area (Å²) in [4.78, 5) is 12.9. The minimum Gasteiger partial charge on any atom is -0.504 e. The van der Waals surface area contributed by atoms with E-state index in [1.807, 2.05) is 0 Å². The van der Waals surface area contributed by atoms with E-state index in [0.717, 1.165) is 6.08 Å². The number of ether oxygens (including phenoxy) is 6. The average molecular weight is 623 g/mol. The maximum Gasteiger partial charge on any atom is 0.331 e. The van der Waals surface area contributed by atoms with Gasteiger partial charge in [0.05, 0.1) is 19.3 Å². The van der Waals surface area contributed by atoms with Gasteiger partial charge in [0.1, 0.15) is 42.7 Å². The lowest BCUT2D eigenvalue weighted by Gasteiger charge is -2.49. The van der Waals surface area contributed by atoms with E-state index in [0.29, 0.717) is 11.1 Å². The smallest absolute Gasteiger partial charge is 0.331 e. The van der Waals surface area contributed by atoms with Crippen LogP contribution in [0.3, 0.4) is 0 Å². The monoisotopic (exact) mass is 622 g/mol. The quantitative estimate of drug-likeness (QED) is 0.119. The summed E-state index contributed by atoms with van der Waals surface area (Å²) in [6, 6.07) is 7.73. The fraction of sp³-hybridized carbons (Fsp3) is 0.483. The second-order valence-electron chi connectivity index (χ2n) is 10.7. The van der Waals surface area contributed by atoms with Crippen molar-refractivity contribution < 1.29 is 74.1 Å². The first kappa shape index (κ1) is 31.9. The second-order valence-corrected chi connectivity index (χ2v) is 10.7. The number of phenols is 4. The second kappa shape index (κ2) is 13.2. The standard InChI is InChI=1S/C29H34O15/c1-12-22(36)23(37)27-29(40-12)39-11-20(14-4-6-16(32)18(34)9-14)42-28-24(38)26(44-27)25(19(10-30)41-28)43-21(35)7-3-13-2-5-15(31)17(33)8-13/h2-9,12,19-20,22-34,36-38H,10-11H2,1H3/b7-3+/t12-,19+,20?,22-,23+,24+,25-,26+,27+,28+,29-/m0/s1. The molecule has 1 unspecified atom stereocenters. The molecule has 3 aliphatic heterocycles. The van der Waals surface area contributed by atoms with Crippen LogP contribution in [0, 0.1) is 0 Å². The van der Waals surface area contributed by atoms with Gasteiger partial charge in [-0.15, -0.1) is 0 Å². The van der Waals surface area contributed by atoms with Crippen molar-refractivity contribution in [2.45, 2.75) is 74.4 Å². The molecule has 15 heteroatoms. The molecule has 0 aliphatic carbocycles. The topological polar surface area (TPSA) is 234 Å². The van der Waals surface area contributed by atoms with Crippen molar-refractivity contribution in [3.8, 4) is 23.0 Å². The van der Waals surface area contributed by atoms with Crippen molar-refractivity contribution in [3.63, 3.8) is 0 Å². The van der Waals surface area contributed by atoms with Gasteiger partial charge in [0.15, 0.2) is 41.7 Å². The molecule has 5 rings (SSSR count). The minimum absolute atomic E-state index is 0.290. The highest BCUT2D eigenvalue weighted by atomic mass is 16.8. The number of carbonyl (C=O) groups excluding carboxylic acids is 1. The molecule has 0 aromatic heterocycles. The van der Waals surface area contributed by atoms with Gasteiger partial charge in [-0.05, 0) is 48.4 Å². The molecule has 240 valence electrons. The van der Waals surface area contributed by atoms with E-state index < -0.39 is 91.6 Å². The number of benzene rings is 2. The molecular formula is C29H34O15. The van der Waals surface area contributed by atoms with Gasteiger partial charge in [-0.1, -0.05) is 12.1 Å². The molecule has 44 heavy (non-hydrogen) atoms. The number of carbonyl (C=O) groups is 1. The van der Waals surface area contributed by atoms with Gasteiger partial charge in [0, 0.05) is 6.08 Å². The summed E-state index contributed by atoms with van der Waals surface area (Å²) in [6.07, 6.45) is -13.0. The van der Waals surface area contributed by atoms with E-state index in [4.69, 9.17) is 28.4 Å². The molecule has 8 N–H and O–H groups in total. The number of fused-ring (bicyclic) bond motifs is 3. The third kappa shape index (κ3) is 6.61. The van der Waals surface area contributed by atoms with Crippen LogP contribution in [0.15, 0.2) is 42.5 Å². The molecule has 3 fully saturated rings. The molecule has 15 nitrogen and oxygen atoms in total. The maximum absolute atomic E-state index is 12.9. The first-order valence-corrected chi connectivity index (χ1v) is 13.8. The van der Waals surface area contributed by atoms with E-state index in [-0.39, 0.29) is 18.1 Å². The number of aromatic hydroxyl groups is 4. The Labute approximate surface area is 250 Å². The van der Waals surface area contributed by atoms with E-state index in [9.17, 15) is 45.6 Å². The van der Waals surface area contributed by atoms with Gasteiger partial charge in [-0.2, -0.15) is 0 Å². The summed E-state index contributed by atoms with van der Waals surface area (Å²) in [5.74, 6) is -2.57. The van der Waals surface area contributed by atoms with Crippen LogP contribution in [-0.2, 0) is 33.2 Å². The molecule has 0 spiro atoms. The first-order chi connectivity index (χ1) is 21.0. The summed E-state index contributed by atoms with van der Waals surface area (Å²) in [6.45, 7) is 0.486. The first-order valence-electron chi connectivity index (χ1n) is 13.8.